The van der Waals surface area contributed by atoms with E-state index in [2.05, 4.69) is 27.0 Å². The number of hydrogen-bond donors (Lipinski definition) is 0. The minimum atomic E-state index is 0.587. The monoisotopic (exact) mass is 324 g/mol. The largest absolute Gasteiger partial charge is 0.455 e. The minimum Gasteiger partial charge on any atom is -0.455 e. The zero-order valence-electron chi connectivity index (χ0n) is 10.4. The van der Waals surface area contributed by atoms with Gasteiger partial charge in [0.15, 0.2) is 0 Å². The summed E-state index contributed by atoms with van der Waals surface area (Å²) in [6, 6.07) is 16.9. The first-order chi connectivity index (χ1) is 9.78. The fourth-order valence-electron chi connectivity index (χ4n) is 1.94. The predicted octanol–water partition coefficient (Wildman–Crippen LogP) is 4.66. The van der Waals surface area contributed by atoms with Crippen LogP contribution in [0.25, 0.3) is 10.9 Å². The summed E-state index contributed by atoms with van der Waals surface area (Å²) in [7, 11) is 0. The van der Waals surface area contributed by atoms with Crippen LogP contribution in [-0.4, -0.2) is 4.98 Å². The Labute approximate surface area is 124 Å². The van der Waals surface area contributed by atoms with Crippen LogP contribution in [-0.2, 0) is 0 Å². The van der Waals surface area contributed by atoms with Crippen molar-refractivity contribution >= 4 is 26.8 Å². The summed E-state index contributed by atoms with van der Waals surface area (Å²) in [6.45, 7) is 0. The summed E-state index contributed by atoms with van der Waals surface area (Å²) in [6.07, 6.45) is 1.75. The third-order valence-corrected chi connectivity index (χ3v) is 3.51. The lowest BCUT2D eigenvalue weighted by Crippen LogP contribution is -1.88. The average molecular weight is 325 g/mol. The number of ether oxygens (including phenoxy) is 1. The highest BCUT2D eigenvalue weighted by molar-refractivity contribution is 9.10. The van der Waals surface area contributed by atoms with Crippen LogP contribution in [0, 0.1) is 11.3 Å². The molecular weight excluding hydrogens is 316 g/mol. The van der Waals surface area contributed by atoms with E-state index in [-0.39, 0.29) is 0 Å². The van der Waals surface area contributed by atoms with Gasteiger partial charge in [0.2, 0.25) is 0 Å². The van der Waals surface area contributed by atoms with Gasteiger partial charge in [0.05, 0.1) is 21.6 Å². The predicted molar refractivity (Wildman–Crippen MR) is 80.7 cm³/mol. The topological polar surface area (TPSA) is 45.9 Å². The van der Waals surface area contributed by atoms with Crippen LogP contribution >= 0.6 is 15.9 Å². The number of benzene rings is 2. The van der Waals surface area contributed by atoms with Gasteiger partial charge in [0.25, 0.3) is 0 Å². The first kappa shape index (κ1) is 12.6. The van der Waals surface area contributed by atoms with Crippen LogP contribution in [0.4, 0.5) is 0 Å². The molecule has 0 atom stereocenters. The highest BCUT2D eigenvalue weighted by Crippen LogP contribution is 2.33. The van der Waals surface area contributed by atoms with Crippen LogP contribution < -0.4 is 4.74 Å². The van der Waals surface area contributed by atoms with Gasteiger partial charge in [0.1, 0.15) is 11.5 Å². The molecule has 1 heterocycles. The van der Waals surface area contributed by atoms with Crippen molar-refractivity contribution in [2.24, 2.45) is 0 Å². The lowest BCUT2D eigenvalue weighted by molar-refractivity contribution is 0.485. The number of fused-ring (bicyclic) bond motifs is 1. The molecule has 3 aromatic rings. The molecule has 0 fully saturated rings. The smallest absolute Gasteiger partial charge is 0.141 e. The lowest BCUT2D eigenvalue weighted by Gasteiger charge is -2.10. The molecule has 0 N–H and O–H groups in total. The Morgan fingerprint density at radius 3 is 2.75 bits per heavy atom. The second-order valence-electron chi connectivity index (χ2n) is 4.19. The van der Waals surface area contributed by atoms with Crippen molar-refractivity contribution in [2.45, 2.75) is 0 Å². The fraction of sp³-hybridized carbons (Fsp3) is 0. The standard InChI is InChI=1S/C16H9BrN2O/c17-13-9-11(10-18)6-7-16(13)20-15-5-1-4-14-12(15)3-2-8-19-14/h1-9H. The van der Waals surface area contributed by atoms with E-state index in [1.807, 2.05) is 30.3 Å². The fourth-order valence-corrected chi connectivity index (χ4v) is 2.40. The molecule has 96 valence electrons. The maximum atomic E-state index is 8.86. The molecule has 0 radical (unpaired) electrons. The number of nitrogens with zero attached hydrogens (tertiary/aromatic N) is 2. The summed E-state index contributed by atoms with van der Waals surface area (Å²) >= 11 is 3.42. The van der Waals surface area contributed by atoms with Crippen molar-refractivity contribution in [3.8, 4) is 17.6 Å². The van der Waals surface area contributed by atoms with Gasteiger partial charge in [-0.05, 0) is 58.4 Å². The number of pyridine rings is 1. The molecule has 0 unspecified atom stereocenters. The summed E-state index contributed by atoms with van der Waals surface area (Å²) in [5.41, 5.74) is 1.47. The van der Waals surface area contributed by atoms with Crippen molar-refractivity contribution in [1.82, 2.24) is 4.98 Å². The third-order valence-electron chi connectivity index (χ3n) is 2.89. The molecule has 4 heteroatoms. The van der Waals surface area contributed by atoms with Crippen LogP contribution in [0.3, 0.4) is 0 Å². The lowest BCUT2D eigenvalue weighted by atomic mass is 10.2. The van der Waals surface area contributed by atoms with Crippen molar-refractivity contribution in [3.63, 3.8) is 0 Å². The second-order valence-corrected chi connectivity index (χ2v) is 5.04. The Hall–Kier alpha value is -2.38. The molecule has 20 heavy (non-hydrogen) atoms. The Morgan fingerprint density at radius 1 is 1.05 bits per heavy atom. The molecule has 3 rings (SSSR count). The molecular formula is C16H9BrN2O. The number of aromatic nitrogens is 1. The zero-order valence-corrected chi connectivity index (χ0v) is 12.0. The van der Waals surface area contributed by atoms with Crippen LogP contribution in [0.1, 0.15) is 5.56 Å². The molecule has 1 aromatic heterocycles. The van der Waals surface area contributed by atoms with Crippen molar-refractivity contribution in [1.29, 1.82) is 5.26 Å². The van der Waals surface area contributed by atoms with Crippen LogP contribution in [0.15, 0.2) is 59.2 Å². The Bertz CT molecular complexity index is 819. The summed E-state index contributed by atoms with van der Waals surface area (Å²) in [4.78, 5) is 4.30. The maximum absolute atomic E-state index is 8.86. The summed E-state index contributed by atoms with van der Waals surface area (Å²) in [5, 5.41) is 9.81. The third kappa shape index (κ3) is 2.36. The van der Waals surface area contributed by atoms with Gasteiger partial charge >= 0.3 is 0 Å². The van der Waals surface area contributed by atoms with Gasteiger partial charge in [-0.15, -0.1) is 0 Å². The number of rotatable bonds is 2. The highest BCUT2D eigenvalue weighted by Gasteiger charge is 2.07. The first-order valence-corrected chi connectivity index (χ1v) is 6.78. The van der Waals surface area contributed by atoms with Gasteiger partial charge < -0.3 is 4.74 Å². The van der Waals surface area contributed by atoms with Gasteiger partial charge in [-0.3, -0.25) is 4.98 Å². The van der Waals surface area contributed by atoms with E-state index in [1.54, 1.807) is 24.4 Å². The van der Waals surface area contributed by atoms with E-state index in [0.29, 0.717) is 11.3 Å². The average Bonchev–Trinajstić information content (AvgIpc) is 2.49. The van der Waals surface area contributed by atoms with E-state index in [9.17, 15) is 0 Å². The molecule has 0 saturated heterocycles. The van der Waals surface area contributed by atoms with E-state index in [4.69, 9.17) is 10.00 Å². The minimum absolute atomic E-state index is 0.587. The van der Waals surface area contributed by atoms with Crippen molar-refractivity contribution < 1.29 is 4.74 Å². The molecule has 0 bridgehead atoms. The molecule has 0 spiro atoms. The van der Waals surface area contributed by atoms with Crippen LogP contribution in [0.5, 0.6) is 11.5 Å². The molecule has 0 aliphatic carbocycles. The number of halogens is 1. The van der Waals surface area contributed by atoms with E-state index < -0.39 is 0 Å². The quantitative estimate of drug-likeness (QED) is 0.688. The van der Waals surface area contributed by atoms with Crippen molar-refractivity contribution in [2.75, 3.05) is 0 Å². The Balaban J connectivity index is 2.04. The molecule has 0 saturated carbocycles. The molecule has 0 aliphatic heterocycles. The summed E-state index contributed by atoms with van der Waals surface area (Å²) < 4.78 is 6.67. The second kappa shape index (κ2) is 5.32. The van der Waals surface area contributed by atoms with E-state index >= 15 is 0 Å². The van der Waals surface area contributed by atoms with Crippen molar-refractivity contribution in [3.05, 3.63) is 64.8 Å². The normalized spacial score (nSPS) is 10.2. The first-order valence-electron chi connectivity index (χ1n) is 5.99. The van der Waals surface area contributed by atoms with E-state index in [0.717, 1.165) is 21.1 Å². The molecule has 2 aromatic carbocycles. The Kier molecular flexibility index (Phi) is 3.36. The molecule has 0 aliphatic rings. The highest BCUT2D eigenvalue weighted by atomic mass is 79.9. The number of nitriles is 1. The van der Waals surface area contributed by atoms with Gasteiger partial charge in [0, 0.05) is 11.6 Å². The maximum Gasteiger partial charge on any atom is 0.141 e. The molecule has 3 nitrogen and oxygen atoms in total. The van der Waals surface area contributed by atoms with Gasteiger partial charge in [-0.25, -0.2) is 0 Å². The summed E-state index contributed by atoms with van der Waals surface area (Å²) in [5.74, 6) is 1.40. The SMILES string of the molecule is N#Cc1ccc(Oc2cccc3ncccc23)c(Br)c1. The number of hydrogen-bond acceptors (Lipinski definition) is 3. The zero-order chi connectivity index (χ0) is 13.9. The van der Waals surface area contributed by atoms with Gasteiger partial charge in [-0.1, -0.05) is 6.07 Å². The van der Waals surface area contributed by atoms with Gasteiger partial charge in [-0.2, -0.15) is 5.26 Å². The van der Waals surface area contributed by atoms with E-state index in [1.165, 1.54) is 0 Å². The Morgan fingerprint density at radius 2 is 1.95 bits per heavy atom. The van der Waals surface area contributed by atoms with Crippen LogP contribution in [0.2, 0.25) is 0 Å². The molecule has 0 amide bonds.